The molecule has 1 rings (SSSR count). The molecule has 1 unspecified atom stereocenters. The Kier molecular flexibility index (Phi) is 3.45. The average Bonchev–Trinajstić information content (AvgIpc) is 2.28. The van der Waals surface area contributed by atoms with E-state index in [0.29, 0.717) is 13.2 Å². The monoisotopic (exact) mass is 217 g/mol. The minimum atomic E-state index is -0.487. The summed E-state index contributed by atoms with van der Waals surface area (Å²) in [5.74, 6) is 0. The Morgan fingerprint density at radius 1 is 1.33 bits per heavy atom. The molecule has 0 spiro atoms. The summed E-state index contributed by atoms with van der Waals surface area (Å²) in [6, 6.07) is 0. The van der Waals surface area contributed by atoms with Crippen molar-refractivity contribution in [2.75, 3.05) is 19.8 Å². The fourth-order valence-corrected chi connectivity index (χ4v) is 2.56. The van der Waals surface area contributed by atoms with Gasteiger partial charge >= 0.3 is 0 Å². The summed E-state index contributed by atoms with van der Waals surface area (Å²) in [4.78, 5) is 0. The van der Waals surface area contributed by atoms with E-state index in [1.165, 1.54) is 0 Å². The van der Waals surface area contributed by atoms with E-state index in [-0.39, 0.29) is 12.2 Å². The molecule has 0 saturated carbocycles. The van der Waals surface area contributed by atoms with Gasteiger partial charge in [-0.05, 0) is 27.7 Å². The molecule has 0 aromatic carbocycles. The smallest absolute Gasteiger partial charge is 0.111 e. The second kappa shape index (κ2) is 4.01. The highest BCUT2D eigenvalue weighted by molar-refractivity contribution is 5.08. The van der Waals surface area contributed by atoms with Gasteiger partial charge in [-0.1, -0.05) is 0 Å². The zero-order valence-electron chi connectivity index (χ0n) is 10.2. The summed E-state index contributed by atoms with van der Waals surface area (Å²) < 4.78 is 11.7. The van der Waals surface area contributed by atoms with E-state index >= 15 is 0 Å². The summed E-state index contributed by atoms with van der Waals surface area (Å²) in [6.07, 6.45) is 0.753. The van der Waals surface area contributed by atoms with Crippen molar-refractivity contribution in [2.24, 2.45) is 5.73 Å². The zero-order valence-corrected chi connectivity index (χ0v) is 10.2. The molecule has 1 fully saturated rings. The van der Waals surface area contributed by atoms with E-state index < -0.39 is 11.2 Å². The minimum Gasteiger partial charge on any atom is -0.394 e. The molecule has 1 atom stereocenters. The SMILES string of the molecule is CC1(C)CC(CN)(OCCO)C(C)(C)O1. The third kappa shape index (κ3) is 2.33. The number of hydrogen-bond donors (Lipinski definition) is 2. The third-order valence-electron chi connectivity index (χ3n) is 3.14. The fraction of sp³-hybridized carbons (Fsp3) is 1.00. The first kappa shape index (κ1) is 12.9. The summed E-state index contributed by atoms with van der Waals surface area (Å²) in [6.45, 7) is 8.78. The van der Waals surface area contributed by atoms with Crippen molar-refractivity contribution in [3.63, 3.8) is 0 Å². The Morgan fingerprint density at radius 2 is 1.93 bits per heavy atom. The Labute approximate surface area is 91.7 Å². The van der Waals surface area contributed by atoms with Crippen LogP contribution in [-0.4, -0.2) is 41.7 Å². The first-order chi connectivity index (χ1) is 6.79. The first-order valence-electron chi connectivity index (χ1n) is 5.44. The second-order valence-electron chi connectivity index (χ2n) is 5.32. The normalized spacial score (nSPS) is 33.2. The van der Waals surface area contributed by atoms with E-state index in [4.69, 9.17) is 20.3 Å². The van der Waals surface area contributed by atoms with Gasteiger partial charge in [0.1, 0.15) is 5.60 Å². The lowest BCUT2D eigenvalue weighted by Crippen LogP contribution is -2.54. The number of ether oxygens (including phenoxy) is 2. The van der Waals surface area contributed by atoms with Gasteiger partial charge in [0.05, 0.1) is 24.4 Å². The van der Waals surface area contributed by atoms with Crippen LogP contribution in [-0.2, 0) is 9.47 Å². The van der Waals surface area contributed by atoms with Crippen molar-refractivity contribution in [1.82, 2.24) is 0 Å². The van der Waals surface area contributed by atoms with Crippen molar-refractivity contribution < 1.29 is 14.6 Å². The molecule has 0 aromatic rings. The van der Waals surface area contributed by atoms with Gasteiger partial charge in [0.25, 0.3) is 0 Å². The number of aliphatic hydroxyl groups excluding tert-OH is 1. The van der Waals surface area contributed by atoms with Gasteiger partial charge in [0.2, 0.25) is 0 Å². The Hall–Kier alpha value is -0.160. The van der Waals surface area contributed by atoms with Crippen molar-refractivity contribution in [2.45, 2.75) is 50.9 Å². The molecule has 1 saturated heterocycles. The molecule has 0 aromatic heterocycles. The maximum Gasteiger partial charge on any atom is 0.111 e. The molecule has 0 aliphatic carbocycles. The summed E-state index contributed by atoms with van der Waals surface area (Å²) in [7, 11) is 0. The highest BCUT2D eigenvalue weighted by Crippen LogP contribution is 2.46. The van der Waals surface area contributed by atoms with Crippen molar-refractivity contribution in [1.29, 1.82) is 0 Å². The molecule has 4 heteroatoms. The van der Waals surface area contributed by atoms with E-state index in [0.717, 1.165) is 6.42 Å². The molecule has 0 radical (unpaired) electrons. The number of nitrogens with two attached hydrogens (primary N) is 1. The maximum absolute atomic E-state index is 8.83. The average molecular weight is 217 g/mol. The van der Waals surface area contributed by atoms with Crippen LogP contribution < -0.4 is 5.73 Å². The van der Waals surface area contributed by atoms with Crippen molar-refractivity contribution >= 4 is 0 Å². The summed E-state index contributed by atoms with van der Waals surface area (Å²) >= 11 is 0. The molecular formula is C11H23NO3. The molecule has 4 nitrogen and oxygen atoms in total. The van der Waals surface area contributed by atoms with Crippen LogP contribution in [0.5, 0.6) is 0 Å². The quantitative estimate of drug-likeness (QED) is 0.726. The van der Waals surface area contributed by atoms with Gasteiger partial charge in [0.15, 0.2) is 0 Å². The molecular weight excluding hydrogens is 194 g/mol. The lowest BCUT2D eigenvalue weighted by molar-refractivity contribution is -0.151. The largest absolute Gasteiger partial charge is 0.394 e. The van der Waals surface area contributed by atoms with Crippen LogP contribution in [0.1, 0.15) is 34.1 Å². The van der Waals surface area contributed by atoms with E-state index in [1.807, 2.05) is 27.7 Å². The highest BCUT2D eigenvalue weighted by Gasteiger charge is 2.57. The van der Waals surface area contributed by atoms with Crippen LogP contribution in [0.2, 0.25) is 0 Å². The summed E-state index contributed by atoms with van der Waals surface area (Å²) in [5.41, 5.74) is 4.69. The second-order valence-corrected chi connectivity index (χ2v) is 5.32. The Bertz CT molecular complexity index is 228. The van der Waals surface area contributed by atoms with Gasteiger partial charge in [-0.15, -0.1) is 0 Å². The minimum absolute atomic E-state index is 0.0122. The number of aliphatic hydroxyl groups is 1. The zero-order chi connectivity index (χ0) is 11.7. The molecule has 1 heterocycles. The van der Waals surface area contributed by atoms with Crippen LogP contribution in [0, 0.1) is 0 Å². The standard InChI is InChI=1S/C11H23NO3/c1-9(2)7-11(8-12,14-6-5-13)10(3,4)15-9/h13H,5-8,12H2,1-4H3. The van der Waals surface area contributed by atoms with Gasteiger partial charge in [-0.25, -0.2) is 0 Å². The molecule has 1 aliphatic heterocycles. The number of rotatable bonds is 4. The molecule has 0 bridgehead atoms. The predicted octanol–water partition coefficient (Wildman–Crippen LogP) is 0.670. The molecule has 1 aliphatic rings. The molecule has 15 heavy (non-hydrogen) atoms. The Morgan fingerprint density at radius 3 is 2.27 bits per heavy atom. The Balaban J connectivity index is 2.87. The molecule has 3 N–H and O–H groups in total. The van der Waals surface area contributed by atoms with E-state index in [9.17, 15) is 0 Å². The van der Waals surface area contributed by atoms with Gasteiger partial charge in [0, 0.05) is 13.0 Å². The highest BCUT2D eigenvalue weighted by atomic mass is 16.6. The lowest BCUT2D eigenvalue weighted by atomic mass is 9.82. The third-order valence-corrected chi connectivity index (χ3v) is 3.14. The predicted molar refractivity (Wildman–Crippen MR) is 58.7 cm³/mol. The van der Waals surface area contributed by atoms with Crippen LogP contribution in [0.3, 0.4) is 0 Å². The summed E-state index contributed by atoms with van der Waals surface area (Å²) in [5, 5.41) is 8.83. The van der Waals surface area contributed by atoms with E-state index in [2.05, 4.69) is 0 Å². The molecule has 0 amide bonds. The van der Waals surface area contributed by atoms with Crippen molar-refractivity contribution in [3.05, 3.63) is 0 Å². The van der Waals surface area contributed by atoms with Crippen LogP contribution >= 0.6 is 0 Å². The van der Waals surface area contributed by atoms with Crippen LogP contribution in [0.4, 0.5) is 0 Å². The topological polar surface area (TPSA) is 64.7 Å². The van der Waals surface area contributed by atoms with Gasteiger partial charge < -0.3 is 20.3 Å². The molecule has 90 valence electrons. The fourth-order valence-electron chi connectivity index (χ4n) is 2.56. The first-order valence-corrected chi connectivity index (χ1v) is 5.44. The van der Waals surface area contributed by atoms with Crippen LogP contribution in [0.25, 0.3) is 0 Å². The maximum atomic E-state index is 8.83. The van der Waals surface area contributed by atoms with Gasteiger partial charge in [-0.3, -0.25) is 0 Å². The lowest BCUT2D eigenvalue weighted by Gasteiger charge is -2.38. The van der Waals surface area contributed by atoms with Crippen molar-refractivity contribution in [3.8, 4) is 0 Å². The van der Waals surface area contributed by atoms with E-state index in [1.54, 1.807) is 0 Å². The number of hydrogen-bond acceptors (Lipinski definition) is 4. The van der Waals surface area contributed by atoms with Crippen LogP contribution in [0.15, 0.2) is 0 Å². The van der Waals surface area contributed by atoms with Gasteiger partial charge in [-0.2, -0.15) is 0 Å².